The molecule has 2 atom stereocenters. The maximum atomic E-state index is 5.74. The zero-order chi connectivity index (χ0) is 14.5. The molecule has 0 aliphatic carbocycles. The highest BCUT2D eigenvalue weighted by molar-refractivity contribution is 9.10. The number of nitrogens with one attached hydrogen (secondary N) is 1. The van der Waals surface area contributed by atoms with E-state index in [-0.39, 0.29) is 6.04 Å². The molecule has 2 unspecified atom stereocenters. The third-order valence-corrected chi connectivity index (χ3v) is 4.45. The Balaban J connectivity index is 1.94. The highest BCUT2D eigenvalue weighted by atomic mass is 79.9. The van der Waals surface area contributed by atoms with Crippen LogP contribution >= 0.6 is 15.9 Å². The van der Waals surface area contributed by atoms with E-state index < -0.39 is 0 Å². The summed E-state index contributed by atoms with van der Waals surface area (Å²) in [4.78, 5) is 9.03. The zero-order valence-corrected chi connectivity index (χ0v) is 13.8. The first-order valence-corrected chi connectivity index (χ1v) is 7.82. The van der Waals surface area contributed by atoms with E-state index in [1.54, 1.807) is 6.20 Å². The number of rotatable bonds is 5. The number of hydrazine groups is 1. The van der Waals surface area contributed by atoms with Crippen LogP contribution in [0.5, 0.6) is 0 Å². The second kappa shape index (κ2) is 7.47. The summed E-state index contributed by atoms with van der Waals surface area (Å²) < 4.78 is 1.01. The first-order chi connectivity index (χ1) is 9.58. The summed E-state index contributed by atoms with van der Waals surface area (Å²) in [5.74, 6) is 5.74. The van der Waals surface area contributed by atoms with Crippen molar-refractivity contribution < 1.29 is 0 Å². The highest BCUT2D eigenvalue weighted by Crippen LogP contribution is 2.16. The standard InChI is InChI=1S/C14H24BrN5/c1-19-3-4-20(2)14(10-19)7-13(18-16)6-11-5-12(15)9-17-8-11/h5,8-9,13-14,18H,3-4,6-7,10,16H2,1-2H3. The van der Waals surface area contributed by atoms with Crippen molar-refractivity contribution in [3.8, 4) is 0 Å². The van der Waals surface area contributed by atoms with Crippen LogP contribution in [-0.2, 0) is 6.42 Å². The third-order valence-electron chi connectivity index (χ3n) is 4.02. The Morgan fingerprint density at radius 1 is 1.45 bits per heavy atom. The molecule has 0 spiro atoms. The maximum absolute atomic E-state index is 5.74. The van der Waals surface area contributed by atoms with Crippen molar-refractivity contribution >= 4 is 15.9 Å². The summed E-state index contributed by atoms with van der Waals surface area (Å²) in [6, 6.07) is 2.92. The van der Waals surface area contributed by atoms with Crippen LogP contribution in [-0.4, -0.2) is 60.6 Å². The van der Waals surface area contributed by atoms with Gasteiger partial charge in [0.25, 0.3) is 0 Å². The van der Waals surface area contributed by atoms with Crippen molar-refractivity contribution in [2.24, 2.45) is 5.84 Å². The lowest BCUT2D eigenvalue weighted by Crippen LogP contribution is -2.53. The third kappa shape index (κ3) is 4.49. The van der Waals surface area contributed by atoms with Crippen LogP contribution in [0.3, 0.4) is 0 Å². The van der Waals surface area contributed by atoms with E-state index in [0.717, 1.165) is 36.9 Å². The van der Waals surface area contributed by atoms with E-state index in [1.165, 1.54) is 5.56 Å². The van der Waals surface area contributed by atoms with Crippen molar-refractivity contribution in [1.29, 1.82) is 0 Å². The Hall–Kier alpha value is -0.530. The van der Waals surface area contributed by atoms with Crippen molar-refractivity contribution in [3.05, 3.63) is 28.5 Å². The largest absolute Gasteiger partial charge is 0.304 e. The Bertz CT molecular complexity index is 428. The summed E-state index contributed by atoms with van der Waals surface area (Å²) in [6.45, 7) is 3.37. The highest BCUT2D eigenvalue weighted by Gasteiger charge is 2.25. The van der Waals surface area contributed by atoms with Gasteiger partial charge in [0.2, 0.25) is 0 Å². The molecule has 0 radical (unpaired) electrons. The number of aromatic nitrogens is 1. The topological polar surface area (TPSA) is 57.4 Å². The second-order valence-corrected chi connectivity index (χ2v) is 6.63. The van der Waals surface area contributed by atoms with Crippen LogP contribution < -0.4 is 11.3 Å². The lowest BCUT2D eigenvalue weighted by atomic mass is 9.98. The predicted octanol–water partition coefficient (Wildman–Crippen LogP) is 0.854. The monoisotopic (exact) mass is 341 g/mol. The Morgan fingerprint density at radius 2 is 2.25 bits per heavy atom. The molecule has 1 aliphatic heterocycles. The van der Waals surface area contributed by atoms with Gasteiger partial charge in [-0.25, -0.2) is 0 Å². The smallest absolute Gasteiger partial charge is 0.0410 e. The number of nitrogens with zero attached hydrogens (tertiary/aromatic N) is 3. The van der Waals surface area contributed by atoms with Crippen LogP contribution in [0.25, 0.3) is 0 Å². The number of halogens is 1. The van der Waals surface area contributed by atoms with E-state index >= 15 is 0 Å². The van der Waals surface area contributed by atoms with Crippen LogP contribution in [0.1, 0.15) is 12.0 Å². The summed E-state index contributed by atoms with van der Waals surface area (Å²) >= 11 is 3.46. The minimum Gasteiger partial charge on any atom is -0.304 e. The molecule has 0 bridgehead atoms. The summed E-state index contributed by atoms with van der Waals surface area (Å²) in [5.41, 5.74) is 4.17. The molecule has 1 aliphatic rings. The van der Waals surface area contributed by atoms with Crippen LogP contribution in [0, 0.1) is 0 Å². The molecule has 1 aromatic rings. The van der Waals surface area contributed by atoms with Crippen molar-refractivity contribution in [1.82, 2.24) is 20.2 Å². The molecular formula is C14H24BrN5. The molecule has 2 heterocycles. The molecule has 112 valence electrons. The molecule has 1 aromatic heterocycles. The van der Waals surface area contributed by atoms with Crippen LogP contribution in [0.15, 0.2) is 22.9 Å². The summed E-state index contributed by atoms with van der Waals surface area (Å²) in [5, 5.41) is 0. The fraction of sp³-hybridized carbons (Fsp3) is 0.643. The average Bonchev–Trinajstić information content (AvgIpc) is 2.42. The molecule has 0 aromatic carbocycles. The molecule has 0 amide bonds. The predicted molar refractivity (Wildman–Crippen MR) is 85.3 cm³/mol. The number of hydrogen-bond donors (Lipinski definition) is 2. The minimum absolute atomic E-state index is 0.269. The molecule has 2 rings (SSSR count). The summed E-state index contributed by atoms with van der Waals surface area (Å²) in [7, 11) is 4.38. The van der Waals surface area contributed by atoms with E-state index in [1.807, 2.05) is 6.20 Å². The Morgan fingerprint density at radius 3 is 2.95 bits per heavy atom. The average molecular weight is 342 g/mol. The van der Waals surface area contributed by atoms with Crippen LogP contribution in [0.2, 0.25) is 0 Å². The van der Waals surface area contributed by atoms with E-state index in [4.69, 9.17) is 5.84 Å². The molecule has 1 fully saturated rings. The number of nitrogens with two attached hydrogens (primary N) is 1. The fourth-order valence-corrected chi connectivity index (χ4v) is 3.16. The SMILES string of the molecule is CN1CCN(C)C(CC(Cc2cncc(Br)c2)NN)C1. The quantitative estimate of drug-likeness (QED) is 0.614. The second-order valence-electron chi connectivity index (χ2n) is 5.71. The van der Waals surface area contributed by atoms with Gasteiger partial charge < -0.3 is 9.80 Å². The normalized spacial score (nSPS) is 22.9. The maximum Gasteiger partial charge on any atom is 0.0410 e. The fourth-order valence-electron chi connectivity index (χ4n) is 2.75. The van der Waals surface area contributed by atoms with Gasteiger partial charge in [-0.2, -0.15) is 0 Å². The van der Waals surface area contributed by atoms with Gasteiger partial charge in [-0.05, 0) is 54.5 Å². The molecule has 0 saturated carbocycles. The van der Waals surface area contributed by atoms with Gasteiger partial charge in [-0.3, -0.25) is 16.3 Å². The van der Waals surface area contributed by atoms with Gasteiger partial charge in [0.1, 0.15) is 0 Å². The number of hydrogen-bond acceptors (Lipinski definition) is 5. The first kappa shape index (κ1) is 15.9. The molecule has 5 nitrogen and oxygen atoms in total. The summed E-state index contributed by atoms with van der Waals surface area (Å²) in [6.07, 6.45) is 5.66. The Labute approximate surface area is 129 Å². The van der Waals surface area contributed by atoms with E-state index in [9.17, 15) is 0 Å². The van der Waals surface area contributed by atoms with Crippen molar-refractivity contribution in [2.45, 2.75) is 24.9 Å². The lowest BCUT2D eigenvalue weighted by molar-refractivity contribution is 0.101. The van der Waals surface area contributed by atoms with Gasteiger partial charge in [-0.15, -0.1) is 0 Å². The van der Waals surface area contributed by atoms with Gasteiger partial charge >= 0.3 is 0 Å². The minimum atomic E-state index is 0.269. The van der Waals surface area contributed by atoms with Crippen molar-refractivity contribution in [2.75, 3.05) is 33.7 Å². The van der Waals surface area contributed by atoms with Gasteiger partial charge in [0, 0.05) is 48.6 Å². The lowest BCUT2D eigenvalue weighted by Gasteiger charge is -2.39. The number of piperazine rings is 1. The molecule has 1 saturated heterocycles. The number of pyridine rings is 1. The molecule has 6 heteroatoms. The number of likely N-dealkylation sites (N-methyl/N-ethyl adjacent to an activating group) is 2. The molecular weight excluding hydrogens is 318 g/mol. The van der Waals surface area contributed by atoms with Gasteiger partial charge in [-0.1, -0.05) is 0 Å². The van der Waals surface area contributed by atoms with Gasteiger partial charge in [0.15, 0.2) is 0 Å². The van der Waals surface area contributed by atoms with Gasteiger partial charge in [0.05, 0.1) is 0 Å². The Kier molecular flexibility index (Phi) is 5.92. The molecule has 20 heavy (non-hydrogen) atoms. The van der Waals surface area contributed by atoms with E-state index in [0.29, 0.717) is 6.04 Å². The van der Waals surface area contributed by atoms with Crippen LogP contribution in [0.4, 0.5) is 0 Å². The first-order valence-electron chi connectivity index (χ1n) is 7.03. The molecule has 3 N–H and O–H groups in total. The van der Waals surface area contributed by atoms with E-state index in [2.05, 4.69) is 56.3 Å². The zero-order valence-electron chi connectivity index (χ0n) is 12.2. The van der Waals surface area contributed by atoms with Crippen molar-refractivity contribution in [3.63, 3.8) is 0 Å².